The molecular weight excluding hydrogens is 322 g/mol. The van der Waals surface area contributed by atoms with Crippen LogP contribution in [0.15, 0.2) is 61.9 Å². The number of azo groups is 1. The molecule has 0 saturated heterocycles. The van der Waals surface area contributed by atoms with E-state index in [2.05, 4.69) is 40.5 Å². The largest absolute Gasteiger partial charge is 0.467 e. The first-order valence-electron chi connectivity index (χ1n) is 7.52. The number of furan rings is 1. The second kappa shape index (κ2) is 6.48. The third-order valence-electron chi connectivity index (χ3n) is 3.35. The molecule has 0 saturated carbocycles. The summed E-state index contributed by atoms with van der Waals surface area (Å²) >= 11 is 0. The summed E-state index contributed by atoms with van der Waals surface area (Å²) in [7, 11) is 0. The van der Waals surface area contributed by atoms with E-state index >= 15 is 0 Å². The standard InChI is InChI=1S/C16H13N7O2/c1-10-4-2-5-11(8-10)18-13-14(20-16-15(19-13)22-25-23-16)21-17-9-12-6-3-7-24-12/h2-8H,9H2,1H3,(H,18,19,22). The Hall–Kier alpha value is -3.62. The molecule has 0 aliphatic heterocycles. The minimum atomic E-state index is 0.266. The van der Waals surface area contributed by atoms with Gasteiger partial charge in [-0.1, -0.05) is 12.1 Å². The zero-order valence-electron chi connectivity index (χ0n) is 13.2. The Morgan fingerprint density at radius 3 is 2.76 bits per heavy atom. The summed E-state index contributed by atoms with van der Waals surface area (Å²) in [6, 6.07) is 11.5. The molecule has 0 radical (unpaired) electrons. The molecular formula is C16H13N7O2. The maximum Gasteiger partial charge on any atom is 0.245 e. The zero-order valence-corrected chi connectivity index (χ0v) is 13.2. The normalized spacial score (nSPS) is 11.4. The lowest BCUT2D eigenvalue weighted by Crippen LogP contribution is -1.97. The van der Waals surface area contributed by atoms with Crippen LogP contribution in [0.5, 0.6) is 0 Å². The number of anilines is 2. The highest BCUT2D eigenvalue weighted by molar-refractivity contribution is 5.74. The van der Waals surface area contributed by atoms with E-state index in [1.165, 1.54) is 0 Å². The van der Waals surface area contributed by atoms with Crippen molar-refractivity contribution in [3.8, 4) is 0 Å². The molecule has 4 rings (SSSR count). The van der Waals surface area contributed by atoms with Crippen LogP contribution < -0.4 is 5.32 Å². The molecule has 4 aromatic rings. The van der Waals surface area contributed by atoms with Crippen LogP contribution in [0.4, 0.5) is 17.3 Å². The Morgan fingerprint density at radius 2 is 1.96 bits per heavy atom. The van der Waals surface area contributed by atoms with Crippen molar-refractivity contribution in [2.75, 3.05) is 5.32 Å². The fourth-order valence-corrected chi connectivity index (χ4v) is 2.22. The molecule has 25 heavy (non-hydrogen) atoms. The molecule has 0 atom stereocenters. The van der Waals surface area contributed by atoms with Crippen molar-refractivity contribution >= 4 is 28.6 Å². The molecule has 0 amide bonds. The molecule has 9 heteroatoms. The zero-order chi connectivity index (χ0) is 17.1. The molecule has 3 aromatic heterocycles. The van der Waals surface area contributed by atoms with Gasteiger partial charge in [0, 0.05) is 5.69 Å². The fourth-order valence-electron chi connectivity index (χ4n) is 2.22. The Bertz CT molecular complexity index is 1020. The highest BCUT2D eigenvalue weighted by atomic mass is 16.6. The summed E-state index contributed by atoms with van der Waals surface area (Å²) in [5, 5.41) is 18.8. The van der Waals surface area contributed by atoms with E-state index in [1.807, 2.05) is 37.3 Å². The van der Waals surface area contributed by atoms with Gasteiger partial charge in [-0.3, -0.25) is 0 Å². The summed E-state index contributed by atoms with van der Waals surface area (Å²) in [6.45, 7) is 2.30. The lowest BCUT2D eigenvalue weighted by molar-refractivity contribution is 0.314. The van der Waals surface area contributed by atoms with E-state index in [4.69, 9.17) is 4.42 Å². The van der Waals surface area contributed by atoms with Crippen LogP contribution in [0.1, 0.15) is 11.3 Å². The fraction of sp³-hybridized carbons (Fsp3) is 0.125. The van der Waals surface area contributed by atoms with Gasteiger partial charge in [0.2, 0.25) is 17.1 Å². The highest BCUT2D eigenvalue weighted by Gasteiger charge is 2.13. The lowest BCUT2D eigenvalue weighted by Gasteiger charge is -2.07. The molecule has 0 spiro atoms. The van der Waals surface area contributed by atoms with Crippen molar-refractivity contribution in [2.24, 2.45) is 10.2 Å². The quantitative estimate of drug-likeness (QED) is 0.549. The van der Waals surface area contributed by atoms with E-state index in [-0.39, 0.29) is 11.5 Å². The molecule has 1 aromatic carbocycles. The Balaban J connectivity index is 1.66. The SMILES string of the molecule is Cc1cccc(Nc2nc3nonc3nc2N=NCc2ccco2)c1. The minimum Gasteiger partial charge on any atom is -0.467 e. The van der Waals surface area contributed by atoms with Gasteiger partial charge in [-0.25, -0.2) is 9.61 Å². The van der Waals surface area contributed by atoms with Gasteiger partial charge in [0.1, 0.15) is 12.3 Å². The number of aryl methyl sites for hydroxylation is 1. The molecule has 0 fully saturated rings. The van der Waals surface area contributed by atoms with E-state index in [9.17, 15) is 0 Å². The maximum absolute atomic E-state index is 5.23. The van der Waals surface area contributed by atoms with Gasteiger partial charge < -0.3 is 9.73 Å². The highest BCUT2D eigenvalue weighted by Crippen LogP contribution is 2.26. The molecule has 1 N–H and O–H groups in total. The number of nitrogens with one attached hydrogen (secondary N) is 1. The van der Waals surface area contributed by atoms with E-state index in [0.717, 1.165) is 11.3 Å². The van der Waals surface area contributed by atoms with Crippen molar-refractivity contribution in [3.63, 3.8) is 0 Å². The third kappa shape index (κ3) is 3.34. The van der Waals surface area contributed by atoms with E-state index < -0.39 is 0 Å². The van der Waals surface area contributed by atoms with Gasteiger partial charge >= 0.3 is 0 Å². The average Bonchev–Trinajstić information content (AvgIpc) is 3.26. The first-order valence-corrected chi connectivity index (χ1v) is 7.52. The number of fused-ring (bicyclic) bond motifs is 1. The summed E-state index contributed by atoms with van der Waals surface area (Å²) < 4.78 is 9.89. The average molecular weight is 335 g/mol. The van der Waals surface area contributed by atoms with E-state index in [1.54, 1.807) is 12.3 Å². The van der Waals surface area contributed by atoms with Gasteiger partial charge in [0.25, 0.3) is 0 Å². The molecule has 0 bridgehead atoms. The van der Waals surface area contributed by atoms with Gasteiger partial charge in [0.15, 0.2) is 5.82 Å². The van der Waals surface area contributed by atoms with Crippen molar-refractivity contribution in [1.82, 2.24) is 20.3 Å². The summed E-state index contributed by atoms with van der Waals surface area (Å²) in [5.41, 5.74) is 2.53. The number of hydrogen-bond donors (Lipinski definition) is 1. The lowest BCUT2D eigenvalue weighted by atomic mass is 10.2. The van der Waals surface area contributed by atoms with Crippen molar-refractivity contribution in [3.05, 3.63) is 54.0 Å². The topological polar surface area (TPSA) is 115 Å². The van der Waals surface area contributed by atoms with E-state index in [0.29, 0.717) is 23.8 Å². The van der Waals surface area contributed by atoms with Crippen LogP contribution in [0.2, 0.25) is 0 Å². The van der Waals surface area contributed by atoms with Crippen LogP contribution in [0.25, 0.3) is 11.3 Å². The first-order chi connectivity index (χ1) is 12.3. The summed E-state index contributed by atoms with van der Waals surface area (Å²) in [5.74, 6) is 1.40. The molecule has 0 aliphatic rings. The smallest absolute Gasteiger partial charge is 0.245 e. The number of hydrogen-bond acceptors (Lipinski definition) is 9. The Morgan fingerprint density at radius 1 is 1.08 bits per heavy atom. The first kappa shape index (κ1) is 14.9. The van der Waals surface area contributed by atoms with Gasteiger partial charge in [-0.2, -0.15) is 10.1 Å². The van der Waals surface area contributed by atoms with Crippen molar-refractivity contribution in [2.45, 2.75) is 13.5 Å². The molecule has 9 nitrogen and oxygen atoms in total. The number of benzene rings is 1. The molecule has 3 heterocycles. The molecule has 124 valence electrons. The van der Waals surface area contributed by atoms with Crippen LogP contribution in [-0.2, 0) is 6.54 Å². The number of aromatic nitrogens is 4. The van der Waals surface area contributed by atoms with Crippen LogP contribution in [0, 0.1) is 6.92 Å². The second-order valence-electron chi connectivity index (χ2n) is 5.28. The Labute approximate surface area is 141 Å². The second-order valence-corrected chi connectivity index (χ2v) is 5.28. The molecule has 0 unspecified atom stereocenters. The van der Waals surface area contributed by atoms with Crippen LogP contribution in [-0.4, -0.2) is 20.3 Å². The van der Waals surface area contributed by atoms with Crippen LogP contribution in [0.3, 0.4) is 0 Å². The number of nitrogens with zero attached hydrogens (tertiary/aromatic N) is 6. The van der Waals surface area contributed by atoms with Gasteiger partial charge in [0.05, 0.1) is 6.26 Å². The maximum atomic E-state index is 5.23. The summed E-state index contributed by atoms with van der Waals surface area (Å²) in [4.78, 5) is 8.65. The third-order valence-corrected chi connectivity index (χ3v) is 3.35. The van der Waals surface area contributed by atoms with Gasteiger partial charge in [-0.15, -0.1) is 5.11 Å². The predicted molar refractivity (Wildman–Crippen MR) is 88.8 cm³/mol. The number of rotatable bonds is 5. The summed E-state index contributed by atoms with van der Waals surface area (Å²) in [6.07, 6.45) is 1.59. The van der Waals surface area contributed by atoms with Crippen molar-refractivity contribution in [1.29, 1.82) is 0 Å². The minimum absolute atomic E-state index is 0.266. The Kier molecular flexibility index (Phi) is 3.87. The van der Waals surface area contributed by atoms with Crippen molar-refractivity contribution < 1.29 is 9.05 Å². The van der Waals surface area contributed by atoms with Crippen LogP contribution >= 0.6 is 0 Å². The molecule has 0 aliphatic carbocycles. The van der Waals surface area contributed by atoms with Gasteiger partial charge in [-0.05, 0) is 47.1 Å². The predicted octanol–water partition coefficient (Wildman–Crippen LogP) is 3.94. The monoisotopic (exact) mass is 335 g/mol.